The zero-order chi connectivity index (χ0) is 19.3. The average molecular weight is 379 g/mol. The monoisotopic (exact) mass is 378 g/mol. The van der Waals surface area contributed by atoms with E-state index in [0.29, 0.717) is 6.04 Å². The van der Waals surface area contributed by atoms with Crippen LogP contribution in [0, 0.1) is 0 Å². The third kappa shape index (κ3) is 4.18. The second kappa shape index (κ2) is 8.72. The lowest BCUT2D eigenvalue weighted by Gasteiger charge is -2.31. The molecule has 0 radical (unpaired) electrons. The Morgan fingerprint density at radius 2 is 1.64 bits per heavy atom. The molecule has 1 saturated heterocycles. The van der Waals surface area contributed by atoms with Gasteiger partial charge in [0.15, 0.2) is 0 Å². The molecule has 2 heterocycles. The van der Waals surface area contributed by atoms with Crippen LogP contribution in [0.4, 0.5) is 5.82 Å². The van der Waals surface area contributed by atoms with E-state index in [1.54, 1.807) is 6.33 Å². The second-order valence-corrected chi connectivity index (χ2v) is 8.09. The van der Waals surface area contributed by atoms with Crippen molar-refractivity contribution in [3.05, 3.63) is 42.2 Å². The Morgan fingerprint density at radius 1 is 0.964 bits per heavy atom. The predicted molar refractivity (Wildman–Crippen MR) is 112 cm³/mol. The van der Waals surface area contributed by atoms with E-state index in [4.69, 9.17) is 0 Å². The lowest BCUT2D eigenvalue weighted by atomic mass is 9.94. The fraction of sp³-hybridized carbons (Fsp3) is 0.522. The standard InChI is InChI=1S/C23H30N4O/c1-26(20-8-4-2-5-9-20)23(28)19-12-10-18(11-13-19)21-16-22(25-17-24-21)27-14-6-3-7-15-27/h10-13,16-17,20H,2-9,14-15H2,1H3. The van der Waals surface area contributed by atoms with Gasteiger partial charge in [0.1, 0.15) is 12.1 Å². The number of carbonyl (C=O) groups is 1. The fourth-order valence-corrected chi connectivity index (χ4v) is 4.42. The number of aromatic nitrogens is 2. The van der Waals surface area contributed by atoms with Crippen LogP contribution in [0.3, 0.4) is 0 Å². The quantitative estimate of drug-likeness (QED) is 0.784. The number of piperidine rings is 1. The summed E-state index contributed by atoms with van der Waals surface area (Å²) in [7, 11) is 1.95. The van der Waals surface area contributed by atoms with E-state index in [1.807, 2.05) is 36.2 Å². The number of nitrogens with zero attached hydrogens (tertiary/aromatic N) is 4. The van der Waals surface area contributed by atoms with E-state index in [0.717, 1.165) is 48.6 Å². The number of benzene rings is 1. The molecule has 5 heteroatoms. The van der Waals surface area contributed by atoms with E-state index in [-0.39, 0.29) is 5.91 Å². The van der Waals surface area contributed by atoms with Crippen molar-refractivity contribution < 1.29 is 4.79 Å². The van der Waals surface area contributed by atoms with Gasteiger partial charge in [-0.05, 0) is 44.2 Å². The number of amides is 1. The topological polar surface area (TPSA) is 49.3 Å². The lowest BCUT2D eigenvalue weighted by molar-refractivity contribution is 0.0696. The fourth-order valence-electron chi connectivity index (χ4n) is 4.42. The maximum atomic E-state index is 12.8. The number of rotatable bonds is 4. The van der Waals surface area contributed by atoms with E-state index in [9.17, 15) is 4.79 Å². The molecule has 0 spiro atoms. The first-order valence-corrected chi connectivity index (χ1v) is 10.7. The molecule has 5 nitrogen and oxygen atoms in total. The molecule has 0 bridgehead atoms. The summed E-state index contributed by atoms with van der Waals surface area (Å²) in [5.74, 6) is 1.12. The van der Waals surface area contributed by atoms with Crippen LogP contribution < -0.4 is 4.90 Å². The van der Waals surface area contributed by atoms with Crippen LogP contribution in [0.2, 0.25) is 0 Å². The van der Waals surface area contributed by atoms with Crippen LogP contribution in [0.5, 0.6) is 0 Å². The van der Waals surface area contributed by atoms with E-state index >= 15 is 0 Å². The van der Waals surface area contributed by atoms with Crippen molar-refractivity contribution in [2.24, 2.45) is 0 Å². The van der Waals surface area contributed by atoms with Crippen molar-refractivity contribution in [3.8, 4) is 11.3 Å². The largest absolute Gasteiger partial charge is 0.357 e. The minimum absolute atomic E-state index is 0.121. The third-order valence-corrected chi connectivity index (χ3v) is 6.20. The Bertz CT molecular complexity index is 793. The van der Waals surface area contributed by atoms with Crippen LogP contribution in [0.15, 0.2) is 36.7 Å². The van der Waals surface area contributed by atoms with Gasteiger partial charge in [0.25, 0.3) is 5.91 Å². The highest BCUT2D eigenvalue weighted by Gasteiger charge is 2.23. The summed E-state index contributed by atoms with van der Waals surface area (Å²) in [5, 5.41) is 0. The molecule has 2 aromatic rings. The molecular weight excluding hydrogens is 348 g/mol. The zero-order valence-electron chi connectivity index (χ0n) is 16.8. The van der Waals surface area contributed by atoms with Gasteiger partial charge < -0.3 is 9.80 Å². The minimum atomic E-state index is 0.121. The number of hydrogen-bond acceptors (Lipinski definition) is 4. The molecule has 0 N–H and O–H groups in total. The van der Waals surface area contributed by atoms with E-state index in [1.165, 1.54) is 38.5 Å². The van der Waals surface area contributed by atoms with E-state index < -0.39 is 0 Å². The molecule has 1 saturated carbocycles. The Labute approximate surface area is 167 Å². The SMILES string of the molecule is CN(C(=O)c1ccc(-c2cc(N3CCCCC3)ncn2)cc1)C1CCCCC1. The first-order chi connectivity index (χ1) is 13.7. The predicted octanol–water partition coefficient (Wildman–Crippen LogP) is 4.54. The summed E-state index contributed by atoms with van der Waals surface area (Å²) in [4.78, 5) is 26.0. The highest BCUT2D eigenvalue weighted by Crippen LogP contribution is 2.25. The number of hydrogen-bond donors (Lipinski definition) is 0. The number of carbonyl (C=O) groups excluding carboxylic acids is 1. The van der Waals surface area contributed by atoms with Crippen LogP contribution in [-0.2, 0) is 0 Å². The maximum Gasteiger partial charge on any atom is 0.253 e. The molecule has 1 aliphatic heterocycles. The summed E-state index contributed by atoms with van der Waals surface area (Å²) in [6.45, 7) is 2.13. The average Bonchev–Trinajstić information content (AvgIpc) is 2.79. The van der Waals surface area contributed by atoms with Gasteiger partial charge in [0.05, 0.1) is 5.69 Å². The van der Waals surface area contributed by atoms with Gasteiger partial charge in [-0.25, -0.2) is 9.97 Å². The van der Waals surface area contributed by atoms with Crippen LogP contribution in [0.25, 0.3) is 11.3 Å². The highest BCUT2D eigenvalue weighted by atomic mass is 16.2. The van der Waals surface area contributed by atoms with Gasteiger partial charge in [0, 0.05) is 43.4 Å². The van der Waals surface area contributed by atoms with Crippen molar-refractivity contribution in [3.63, 3.8) is 0 Å². The highest BCUT2D eigenvalue weighted by molar-refractivity contribution is 5.94. The third-order valence-electron chi connectivity index (χ3n) is 6.20. The lowest BCUT2D eigenvalue weighted by Crippen LogP contribution is -2.38. The smallest absolute Gasteiger partial charge is 0.253 e. The van der Waals surface area contributed by atoms with Crippen molar-refractivity contribution in [1.82, 2.24) is 14.9 Å². The van der Waals surface area contributed by atoms with Crippen molar-refractivity contribution in [1.29, 1.82) is 0 Å². The Balaban J connectivity index is 1.47. The van der Waals surface area contributed by atoms with Crippen LogP contribution >= 0.6 is 0 Å². The molecule has 1 aliphatic carbocycles. The molecule has 148 valence electrons. The second-order valence-electron chi connectivity index (χ2n) is 8.09. The molecule has 1 aromatic heterocycles. The van der Waals surface area contributed by atoms with E-state index in [2.05, 4.69) is 20.9 Å². The van der Waals surface area contributed by atoms with Gasteiger partial charge in [-0.2, -0.15) is 0 Å². The Morgan fingerprint density at radius 3 is 2.36 bits per heavy atom. The number of anilines is 1. The summed E-state index contributed by atoms with van der Waals surface area (Å²) in [6, 6.07) is 10.3. The molecule has 2 aliphatic rings. The van der Waals surface area contributed by atoms with Gasteiger partial charge in [0.2, 0.25) is 0 Å². The van der Waals surface area contributed by atoms with Gasteiger partial charge in [-0.1, -0.05) is 31.4 Å². The summed E-state index contributed by atoms with van der Waals surface area (Å²) < 4.78 is 0. The van der Waals surface area contributed by atoms with Crippen molar-refractivity contribution in [2.75, 3.05) is 25.0 Å². The molecule has 1 amide bonds. The first-order valence-electron chi connectivity index (χ1n) is 10.7. The molecule has 0 atom stereocenters. The summed E-state index contributed by atoms with van der Waals surface area (Å²) in [5.41, 5.74) is 2.69. The zero-order valence-corrected chi connectivity index (χ0v) is 16.8. The molecule has 2 fully saturated rings. The first kappa shape index (κ1) is 18.9. The Hall–Kier alpha value is -2.43. The summed E-state index contributed by atoms with van der Waals surface area (Å²) >= 11 is 0. The minimum Gasteiger partial charge on any atom is -0.357 e. The van der Waals surface area contributed by atoms with Crippen molar-refractivity contribution in [2.45, 2.75) is 57.4 Å². The van der Waals surface area contributed by atoms with Gasteiger partial charge in [-0.3, -0.25) is 4.79 Å². The summed E-state index contributed by atoms with van der Waals surface area (Å²) in [6.07, 6.45) is 11.4. The van der Waals surface area contributed by atoms with Gasteiger partial charge >= 0.3 is 0 Å². The molecule has 1 aromatic carbocycles. The van der Waals surface area contributed by atoms with Crippen LogP contribution in [0.1, 0.15) is 61.7 Å². The molecule has 4 rings (SSSR count). The van der Waals surface area contributed by atoms with Crippen LogP contribution in [-0.4, -0.2) is 47.0 Å². The van der Waals surface area contributed by atoms with Gasteiger partial charge in [-0.15, -0.1) is 0 Å². The Kier molecular flexibility index (Phi) is 5.89. The van der Waals surface area contributed by atoms with Crippen molar-refractivity contribution >= 4 is 11.7 Å². The normalized spacial score (nSPS) is 18.1. The maximum absolute atomic E-state index is 12.8. The molecular formula is C23H30N4O. The molecule has 28 heavy (non-hydrogen) atoms. The molecule has 0 unspecified atom stereocenters.